The summed E-state index contributed by atoms with van der Waals surface area (Å²) < 4.78 is 0. The van der Waals surface area contributed by atoms with Crippen molar-refractivity contribution in [1.82, 2.24) is 4.90 Å². The summed E-state index contributed by atoms with van der Waals surface area (Å²) in [7, 11) is 0. The number of benzene rings is 1. The number of anilines is 1. The molecular formula is C21H24N2O2S. The van der Waals surface area contributed by atoms with Crippen LogP contribution in [0.2, 0.25) is 0 Å². The molecule has 1 atom stereocenters. The first kappa shape index (κ1) is 17.3. The summed E-state index contributed by atoms with van der Waals surface area (Å²) in [5, 5.41) is 2.13. The lowest BCUT2D eigenvalue weighted by atomic mass is 9.92. The number of para-hydroxylation sites is 1. The van der Waals surface area contributed by atoms with Crippen molar-refractivity contribution in [2.24, 2.45) is 5.92 Å². The minimum atomic E-state index is -0.334. The van der Waals surface area contributed by atoms with Gasteiger partial charge in [-0.25, -0.2) is 0 Å². The average molecular weight is 369 g/mol. The Kier molecular flexibility index (Phi) is 5.07. The Labute approximate surface area is 158 Å². The van der Waals surface area contributed by atoms with Gasteiger partial charge in [0.05, 0.1) is 0 Å². The van der Waals surface area contributed by atoms with Gasteiger partial charge in [-0.05, 0) is 55.2 Å². The third kappa shape index (κ3) is 3.54. The lowest BCUT2D eigenvalue weighted by molar-refractivity contribution is -0.134. The highest BCUT2D eigenvalue weighted by Gasteiger charge is 2.39. The number of carbonyl (C=O) groups excluding carboxylic acids is 2. The van der Waals surface area contributed by atoms with Gasteiger partial charge < -0.3 is 4.90 Å². The van der Waals surface area contributed by atoms with Crippen molar-refractivity contribution >= 4 is 28.8 Å². The van der Waals surface area contributed by atoms with Gasteiger partial charge >= 0.3 is 0 Å². The number of hydrogen-bond acceptors (Lipinski definition) is 3. The van der Waals surface area contributed by atoms with Crippen LogP contribution in [0.1, 0.15) is 30.6 Å². The number of likely N-dealkylation sites (tertiary alicyclic amines) is 1. The molecule has 0 aliphatic carbocycles. The second-order valence-corrected chi connectivity index (χ2v) is 8.24. The Morgan fingerprint density at radius 2 is 1.81 bits per heavy atom. The molecule has 5 heteroatoms. The molecule has 26 heavy (non-hydrogen) atoms. The quantitative estimate of drug-likeness (QED) is 0.825. The van der Waals surface area contributed by atoms with Crippen molar-refractivity contribution in [3.05, 3.63) is 52.7 Å². The van der Waals surface area contributed by atoms with Crippen LogP contribution in [-0.2, 0) is 16.0 Å². The molecule has 2 saturated heterocycles. The fourth-order valence-corrected chi connectivity index (χ4v) is 4.93. The third-order valence-electron chi connectivity index (χ3n) is 5.53. The van der Waals surface area contributed by atoms with E-state index in [1.54, 1.807) is 4.90 Å². The van der Waals surface area contributed by atoms with Gasteiger partial charge in [0.1, 0.15) is 6.04 Å². The van der Waals surface area contributed by atoms with E-state index < -0.39 is 0 Å². The van der Waals surface area contributed by atoms with E-state index >= 15 is 0 Å². The normalized spacial score (nSPS) is 21.4. The van der Waals surface area contributed by atoms with Crippen molar-refractivity contribution in [2.45, 2.75) is 38.1 Å². The minimum absolute atomic E-state index is 0.0575. The summed E-state index contributed by atoms with van der Waals surface area (Å²) in [6.45, 7) is 1.62. The van der Waals surface area contributed by atoms with Crippen LogP contribution in [0.4, 0.5) is 5.69 Å². The van der Waals surface area contributed by atoms with Gasteiger partial charge in [-0.3, -0.25) is 14.5 Å². The molecule has 1 aromatic carbocycles. The molecule has 1 aromatic heterocycles. The molecular weight excluding hydrogens is 344 g/mol. The summed E-state index contributed by atoms with van der Waals surface area (Å²) in [5.74, 6) is 0.838. The molecule has 1 unspecified atom stereocenters. The molecule has 136 valence electrons. The SMILES string of the molecule is O=C(C1CCC(=O)N1c1ccccc1)N1CCC(Cc2cccs2)CC1. The van der Waals surface area contributed by atoms with E-state index in [9.17, 15) is 9.59 Å². The van der Waals surface area contributed by atoms with E-state index in [0.29, 0.717) is 18.8 Å². The van der Waals surface area contributed by atoms with Crippen molar-refractivity contribution in [2.75, 3.05) is 18.0 Å². The van der Waals surface area contributed by atoms with Gasteiger partial charge in [0.2, 0.25) is 11.8 Å². The van der Waals surface area contributed by atoms with Gasteiger partial charge in [0, 0.05) is 30.1 Å². The Morgan fingerprint density at radius 3 is 2.50 bits per heavy atom. The van der Waals surface area contributed by atoms with E-state index in [1.807, 2.05) is 46.6 Å². The number of hydrogen-bond donors (Lipinski definition) is 0. The summed E-state index contributed by atoms with van der Waals surface area (Å²) in [4.78, 5) is 30.6. The van der Waals surface area contributed by atoms with Crippen molar-refractivity contribution in [3.8, 4) is 0 Å². The Morgan fingerprint density at radius 1 is 1.04 bits per heavy atom. The highest BCUT2D eigenvalue weighted by Crippen LogP contribution is 2.30. The fraction of sp³-hybridized carbons (Fsp3) is 0.429. The highest BCUT2D eigenvalue weighted by atomic mass is 32.1. The molecule has 3 heterocycles. The van der Waals surface area contributed by atoms with Crippen LogP contribution in [0.15, 0.2) is 47.8 Å². The number of piperidine rings is 1. The second kappa shape index (κ2) is 7.62. The van der Waals surface area contributed by atoms with Crippen molar-refractivity contribution in [1.29, 1.82) is 0 Å². The van der Waals surface area contributed by atoms with E-state index in [2.05, 4.69) is 17.5 Å². The topological polar surface area (TPSA) is 40.6 Å². The monoisotopic (exact) mass is 368 g/mol. The van der Waals surface area contributed by atoms with Gasteiger partial charge in [-0.2, -0.15) is 0 Å². The number of nitrogens with zero attached hydrogens (tertiary/aromatic N) is 2. The van der Waals surface area contributed by atoms with Crippen LogP contribution in [0, 0.1) is 5.92 Å². The summed E-state index contributed by atoms with van der Waals surface area (Å²) in [6, 6.07) is 13.6. The van der Waals surface area contributed by atoms with Gasteiger partial charge in [-0.15, -0.1) is 11.3 Å². The van der Waals surface area contributed by atoms with E-state index in [1.165, 1.54) is 4.88 Å². The standard InChI is InChI=1S/C21H24N2O2S/c24-20-9-8-19(23(20)17-5-2-1-3-6-17)21(25)22-12-10-16(11-13-22)15-18-7-4-14-26-18/h1-7,14,16,19H,8-13,15H2. The fourth-order valence-electron chi connectivity index (χ4n) is 4.11. The Hall–Kier alpha value is -2.14. The molecule has 0 N–H and O–H groups in total. The maximum absolute atomic E-state index is 13.1. The van der Waals surface area contributed by atoms with Crippen LogP contribution >= 0.6 is 11.3 Å². The zero-order chi connectivity index (χ0) is 17.9. The number of thiophene rings is 1. The molecule has 0 saturated carbocycles. The zero-order valence-corrected chi connectivity index (χ0v) is 15.7. The molecule has 2 amide bonds. The van der Waals surface area contributed by atoms with E-state index in [0.717, 1.165) is 38.0 Å². The van der Waals surface area contributed by atoms with Crippen LogP contribution < -0.4 is 4.90 Å². The minimum Gasteiger partial charge on any atom is -0.341 e. The second-order valence-electron chi connectivity index (χ2n) is 7.21. The number of amides is 2. The van der Waals surface area contributed by atoms with Crippen LogP contribution in [0.5, 0.6) is 0 Å². The van der Waals surface area contributed by atoms with Crippen LogP contribution in [0.3, 0.4) is 0 Å². The molecule has 0 bridgehead atoms. The van der Waals surface area contributed by atoms with Gasteiger partial charge in [-0.1, -0.05) is 24.3 Å². The zero-order valence-electron chi connectivity index (χ0n) is 14.8. The largest absolute Gasteiger partial charge is 0.341 e. The maximum atomic E-state index is 13.1. The lowest BCUT2D eigenvalue weighted by Gasteiger charge is -2.35. The average Bonchev–Trinajstić information content (AvgIpc) is 3.32. The summed E-state index contributed by atoms with van der Waals surface area (Å²) in [6.07, 6.45) is 4.31. The highest BCUT2D eigenvalue weighted by molar-refractivity contribution is 7.09. The Bertz CT molecular complexity index is 752. The summed E-state index contributed by atoms with van der Waals surface area (Å²) in [5.41, 5.74) is 0.834. The molecule has 2 aliphatic rings. The molecule has 2 fully saturated rings. The van der Waals surface area contributed by atoms with Gasteiger partial charge in [0.25, 0.3) is 0 Å². The number of carbonyl (C=O) groups is 2. The van der Waals surface area contributed by atoms with E-state index in [4.69, 9.17) is 0 Å². The van der Waals surface area contributed by atoms with Crippen molar-refractivity contribution in [3.63, 3.8) is 0 Å². The maximum Gasteiger partial charge on any atom is 0.245 e. The first-order chi connectivity index (χ1) is 12.7. The molecule has 4 rings (SSSR count). The first-order valence-electron chi connectivity index (χ1n) is 9.40. The molecule has 0 spiro atoms. The smallest absolute Gasteiger partial charge is 0.245 e. The van der Waals surface area contributed by atoms with Crippen LogP contribution in [0.25, 0.3) is 0 Å². The lowest BCUT2D eigenvalue weighted by Crippen LogP contribution is -2.49. The molecule has 2 aromatic rings. The third-order valence-corrected chi connectivity index (χ3v) is 6.43. The predicted molar refractivity (Wildman–Crippen MR) is 104 cm³/mol. The first-order valence-corrected chi connectivity index (χ1v) is 10.3. The number of rotatable bonds is 4. The molecule has 4 nitrogen and oxygen atoms in total. The predicted octanol–water partition coefficient (Wildman–Crippen LogP) is 3.72. The molecule has 2 aliphatic heterocycles. The summed E-state index contributed by atoms with van der Waals surface area (Å²) >= 11 is 1.82. The van der Waals surface area contributed by atoms with Crippen LogP contribution in [-0.4, -0.2) is 35.8 Å². The molecule has 0 radical (unpaired) electrons. The van der Waals surface area contributed by atoms with E-state index in [-0.39, 0.29) is 17.9 Å². The Balaban J connectivity index is 1.39. The van der Waals surface area contributed by atoms with Crippen molar-refractivity contribution < 1.29 is 9.59 Å². The van der Waals surface area contributed by atoms with Gasteiger partial charge in [0.15, 0.2) is 0 Å².